The number of methoxy groups -OCH3 is 1. The van der Waals surface area contributed by atoms with Crippen molar-refractivity contribution in [3.05, 3.63) is 24.3 Å². The minimum absolute atomic E-state index is 0.230. The largest absolute Gasteiger partial charge is 0.494 e. The van der Waals surface area contributed by atoms with Crippen molar-refractivity contribution >= 4 is 16.7 Å². The van der Waals surface area contributed by atoms with Crippen molar-refractivity contribution in [1.82, 2.24) is 14.9 Å². The lowest BCUT2D eigenvalue weighted by Gasteiger charge is -2.26. The van der Waals surface area contributed by atoms with Gasteiger partial charge in [0.2, 0.25) is 0 Å². The molecule has 1 atom stereocenters. The van der Waals surface area contributed by atoms with Crippen molar-refractivity contribution in [2.24, 2.45) is 0 Å². The number of halogens is 1. The molecule has 0 aliphatic carbocycles. The fourth-order valence-electron chi connectivity index (χ4n) is 3.42. The topological polar surface area (TPSA) is 41.5 Å². The molecule has 1 aliphatic heterocycles. The second kappa shape index (κ2) is 6.66. The summed E-state index contributed by atoms with van der Waals surface area (Å²) in [5, 5.41) is 0.839. The quantitative estimate of drug-likeness (QED) is 0.848. The van der Waals surface area contributed by atoms with Gasteiger partial charge in [-0.1, -0.05) is 13.8 Å². The summed E-state index contributed by atoms with van der Waals surface area (Å²) >= 11 is 0. The van der Waals surface area contributed by atoms with E-state index in [4.69, 9.17) is 4.74 Å². The first-order valence-electron chi connectivity index (χ1n) is 8.15. The molecule has 0 radical (unpaired) electrons. The summed E-state index contributed by atoms with van der Waals surface area (Å²) in [6.45, 7) is 8.39. The number of benzene rings is 1. The van der Waals surface area contributed by atoms with Crippen molar-refractivity contribution in [1.29, 1.82) is 0 Å². The summed E-state index contributed by atoms with van der Waals surface area (Å²) in [4.78, 5) is 13.4. The average Bonchev–Trinajstić information content (AvgIpc) is 3.04. The van der Waals surface area contributed by atoms with Gasteiger partial charge in [-0.25, -0.2) is 14.4 Å². The van der Waals surface area contributed by atoms with Crippen molar-refractivity contribution in [3.63, 3.8) is 0 Å². The number of fused-ring (bicyclic) bond motifs is 1. The van der Waals surface area contributed by atoms with Crippen LogP contribution in [-0.4, -0.2) is 54.2 Å². The highest BCUT2D eigenvalue weighted by molar-refractivity contribution is 5.90. The maximum absolute atomic E-state index is 13.9. The maximum atomic E-state index is 13.9. The first kappa shape index (κ1) is 15.9. The molecule has 1 unspecified atom stereocenters. The molecule has 1 fully saturated rings. The summed E-state index contributed by atoms with van der Waals surface area (Å²) in [5.74, 6) is 0.697. The highest BCUT2D eigenvalue weighted by Crippen LogP contribution is 2.31. The number of hydrogen-bond donors (Lipinski definition) is 0. The minimum atomic E-state index is -0.396. The molecule has 1 aromatic heterocycles. The van der Waals surface area contributed by atoms with Gasteiger partial charge in [0.15, 0.2) is 11.6 Å². The lowest BCUT2D eigenvalue weighted by Crippen LogP contribution is -2.37. The average molecular weight is 318 g/mol. The molecule has 0 N–H and O–H groups in total. The van der Waals surface area contributed by atoms with Crippen LogP contribution in [-0.2, 0) is 0 Å². The molecule has 2 aromatic rings. The summed E-state index contributed by atoms with van der Waals surface area (Å²) in [7, 11) is 1.47. The van der Waals surface area contributed by atoms with E-state index < -0.39 is 5.82 Å². The minimum Gasteiger partial charge on any atom is -0.494 e. The Kier molecular flexibility index (Phi) is 4.61. The van der Waals surface area contributed by atoms with Gasteiger partial charge in [-0.2, -0.15) is 0 Å². The summed E-state index contributed by atoms with van der Waals surface area (Å²) in [5.41, 5.74) is 0.611. The third-order valence-corrected chi connectivity index (χ3v) is 4.68. The second-order valence-corrected chi connectivity index (χ2v) is 5.81. The van der Waals surface area contributed by atoms with Crippen LogP contribution in [0, 0.1) is 5.82 Å². The van der Waals surface area contributed by atoms with Gasteiger partial charge >= 0.3 is 0 Å². The molecule has 0 amide bonds. The van der Waals surface area contributed by atoms with Crippen molar-refractivity contribution in [2.75, 3.05) is 38.2 Å². The van der Waals surface area contributed by atoms with Gasteiger partial charge < -0.3 is 9.64 Å². The maximum Gasteiger partial charge on any atom is 0.167 e. The van der Waals surface area contributed by atoms with Gasteiger partial charge in [0.25, 0.3) is 0 Å². The van der Waals surface area contributed by atoms with Crippen molar-refractivity contribution in [2.45, 2.75) is 26.3 Å². The van der Waals surface area contributed by atoms with E-state index in [2.05, 4.69) is 33.6 Å². The Morgan fingerprint density at radius 1 is 1.30 bits per heavy atom. The molecule has 6 heteroatoms. The summed E-state index contributed by atoms with van der Waals surface area (Å²) < 4.78 is 19.0. The number of rotatable bonds is 5. The fourth-order valence-corrected chi connectivity index (χ4v) is 3.42. The molecular weight excluding hydrogens is 295 g/mol. The Labute approximate surface area is 136 Å². The van der Waals surface area contributed by atoms with E-state index in [0.29, 0.717) is 11.6 Å². The molecular formula is C17H23FN4O. The first-order valence-corrected chi connectivity index (χ1v) is 8.15. The SMILES string of the molecule is CCN(CC)C1CCN(c2ncnc3cc(F)c(OC)cc23)C1. The molecule has 0 saturated carbocycles. The zero-order chi connectivity index (χ0) is 16.4. The standard InChI is InChI=1S/C17H23FN4O/c1-4-21(5-2)12-6-7-22(10-12)17-13-8-16(23-3)14(18)9-15(13)19-11-20-17/h8-9,11-12H,4-7,10H2,1-3H3. The van der Waals surface area contributed by atoms with E-state index in [1.807, 2.05) is 0 Å². The number of ether oxygens (including phenoxy) is 1. The van der Waals surface area contributed by atoms with E-state index in [1.165, 1.54) is 19.5 Å². The van der Waals surface area contributed by atoms with E-state index in [9.17, 15) is 4.39 Å². The van der Waals surface area contributed by atoms with Crippen LogP contribution in [0.1, 0.15) is 20.3 Å². The monoisotopic (exact) mass is 318 g/mol. The Hall–Kier alpha value is -1.95. The third-order valence-electron chi connectivity index (χ3n) is 4.68. The Balaban J connectivity index is 1.94. The fraction of sp³-hybridized carbons (Fsp3) is 0.529. The molecule has 0 bridgehead atoms. The Bertz CT molecular complexity index is 690. The van der Waals surface area contributed by atoms with Crippen LogP contribution in [0.5, 0.6) is 5.75 Å². The number of anilines is 1. The molecule has 2 heterocycles. The number of aromatic nitrogens is 2. The molecule has 1 saturated heterocycles. The Morgan fingerprint density at radius 2 is 2.09 bits per heavy atom. The molecule has 23 heavy (non-hydrogen) atoms. The van der Waals surface area contributed by atoms with Crippen LogP contribution in [0.25, 0.3) is 10.9 Å². The van der Waals surface area contributed by atoms with E-state index >= 15 is 0 Å². The zero-order valence-corrected chi connectivity index (χ0v) is 13.9. The highest BCUT2D eigenvalue weighted by Gasteiger charge is 2.28. The van der Waals surface area contributed by atoms with Crippen molar-refractivity contribution in [3.8, 4) is 5.75 Å². The molecule has 1 aliphatic rings. The van der Waals surface area contributed by atoms with Gasteiger partial charge in [-0.15, -0.1) is 0 Å². The smallest absolute Gasteiger partial charge is 0.167 e. The Morgan fingerprint density at radius 3 is 2.78 bits per heavy atom. The van der Waals surface area contributed by atoms with Gasteiger partial charge in [-0.05, 0) is 25.6 Å². The lowest BCUT2D eigenvalue weighted by molar-refractivity contribution is 0.232. The van der Waals surface area contributed by atoms with Gasteiger partial charge in [-0.3, -0.25) is 4.90 Å². The predicted molar refractivity (Wildman–Crippen MR) is 89.6 cm³/mol. The molecule has 3 rings (SSSR count). The predicted octanol–water partition coefficient (Wildman–Crippen LogP) is 2.70. The summed E-state index contributed by atoms with van der Waals surface area (Å²) in [6.07, 6.45) is 2.62. The summed E-state index contributed by atoms with van der Waals surface area (Å²) in [6, 6.07) is 3.65. The first-order chi connectivity index (χ1) is 11.2. The van der Waals surface area contributed by atoms with E-state index in [-0.39, 0.29) is 5.75 Å². The lowest BCUT2D eigenvalue weighted by atomic mass is 10.2. The van der Waals surface area contributed by atoms with Crippen molar-refractivity contribution < 1.29 is 9.13 Å². The number of nitrogens with zero attached hydrogens (tertiary/aromatic N) is 4. The van der Waals surface area contributed by atoms with E-state index in [1.54, 1.807) is 6.07 Å². The second-order valence-electron chi connectivity index (χ2n) is 5.81. The molecule has 5 nitrogen and oxygen atoms in total. The van der Waals surface area contributed by atoms with E-state index in [0.717, 1.165) is 43.8 Å². The van der Waals surface area contributed by atoms with Crippen LogP contribution in [0.2, 0.25) is 0 Å². The highest BCUT2D eigenvalue weighted by atomic mass is 19.1. The number of hydrogen-bond acceptors (Lipinski definition) is 5. The van der Waals surface area contributed by atoms with Crippen LogP contribution in [0.4, 0.5) is 10.2 Å². The molecule has 1 aromatic carbocycles. The molecule has 0 spiro atoms. The van der Waals surface area contributed by atoms with Crippen LogP contribution in [0.3, 0.4) is 0 Å². The van der Waals surface area contributed by atoms with Crippen LogP contribution < -0.4 is 9.64 Å². The zero-order valence-electron chi connectivity index (χ0n) is 13.9. The van der Waals surface area contributed by atoms with Crippen LogP contribution >= 0.6 is 0 Å². The third kappa shape index (κ3) is 2.95. The van der Waals surface area contributed by atoms with Crippen LogP contribution in [0.15, 0.2) is 18.5 Å². The van der Waals surface area contributed by atoms with Gasteiger partial charge in [0.05, 0.1) is 12.6 Å². The molecule has 124 valence electrons. The van der Waals surface area contributed by atoms with Gasteiger partial charge in [0.1, 0.15) is 12.1 Å². The normalized spacial score (nSPS) is 18.1. The van der Waals surface area contributed by atoms with Gasteiger partial charge in [0, 0.05) is 30.6 Å². The number of likely N-dealkylation sites (N-methyl/N-ethyl adjacent to an activating group) is 1.